The van der Waals surface area contributed by atoms with E-state index in [0.29, 0.717) is 12.5 Å². The van der Waals surface area contributed by atoms with Crippen LogP contribution in [0.1, 0.15) is 32.1 Å². The van der Waals surface area contributed by atoms with Crippen LogP contribution in [0.25, 0.3) is 0 Å². The number of amides is 2. The standard InChI is InChI=1S/C16H23N3O6/c17-11(8-20)14(22)19-16(23)25-15-13(21)12(6-7-18-15)24-9-10-4-2-1-3-5-10/h6-7,10-11,20-21H,1-5,8-9,17H2,(H,19,22,23)/t11-/m0/s1. The van der Waals surface area contributed by atoms with Gasteiger partial charge in [-0.2, -0.15) is 0 Å². The summed E-state index contributed by atoms with van der Waals surface area (Å²) in [6, 6.07) is 0.217. The zero-order valence-electron chi connectivity index (χ0n) is 13.8. The summed E-state index contributed by atoms with van der Waals surface area (Å²) in [5.41, 5.74) is 5.27. The van der Waals surface area contributed by atoms with Crippen LogP contribution >= 0.6 is 0 Å². The van der Waals surface area contributed by atoms with Gasteiger partial charge in [-0.15, -0.1) is 0 Å². The molecule has 9 nitrogen and oxygen atoms in total. The Kier molecular flexibility index (Phi) is 6.96. The van der Waals surface area contributed by atoms with Crippen molar-refractivity contribution in [3.63, 3.8) is 0 Å². The summed E-state index contributed by atoms with van der Waals surface area (Å²) in [4.78, 5) is 26.8. The van der Waals surface area contributed by atoms with E-state index in [-0.39, 0.29) is 11.6 Å². The fourth-order valence-electron chi connectivity index (χ4n) is 2.56. The highest BCUT2D eigenvalue weighted by Gasteiger charge is 2.20. The molecule has 0 radical (unpaired) electrons. The van der Waals surface area contributed by atoms with Crippen LogP contribution in [-0.2, 0) is 4.79 Å². The summed E-state index contributed by atoms with van der Waals surface area (Å²) in [5.74, 6) is -1.12. The van der Waals surface area contributed by atoms with E-state index in [2.05, 4.69) is 4.98 Å². The minimum atomic E-state index is -1.25. The highest BCUT2D eigenvalue weighted by atomic mass is 16.6. The average Bonchev–Trinajstić information content (AvgIpc) is 2.62. The molecular weight excluding hydrogens is 330 g/mol. The topological polar surface area (TPSA) is 144 Å². The number of nitrogens with two attached hydrogens (primary N) is 1. The van der Waals surface area contributed by atoms with Gasteiger partial charge in [0.1, 0.15) is 6.04 Å². The first-order chi connectivity index (χ1) is 12.0. The van der Waals surface area contributed by atoms with Crippen LogP contribution < -0.4 is 20.5 Å². The zero-order valence-corrected chi connectivity index (χ0v) is 13.8. The fourth-order valence-corrected chi connectivity index (χ4v) is 2.56. The molecule has 0 bridgehead atoms. The molecule has 9 heteroatoms. The van der Waals surface area contributed by atoms with Gasteiger partial charge < -0.3 is 25.4 Å². The van der Waals surface area contributed by atoms with Crippen LogP contribution in [0.5, 0.6) is 17.4 Å². The average molecular weight is 353 g/mol. The summed E-state index contributed by atoms with van der Waals surface area (Å²) in [5, 5.41) is 20.7. The third kappa shape index (κ3) is 5.57. The van der Waals surface area contributed by atoms with Crippen molar-refractivity contribution in [3.8, 4) is 17.4 Å². The largest absolute Gasteiger partial charge is 0.501 e. The number of carbonyl (C=O) groups excluding carboxylic acids is 2. The van der Waals surface area contributed by atoms with Crippen molar-refractivity contribution < 1.29 is 29.3 Å². The van der Waals surface area contributed by atoms with Crippen molar-refractivity contribution in [2.75, 3.05) is 13.2 Å². The number of aliphatic hydroxyl groups is 1. The molecule has 0 aromatic carbocycles. The lowest BCUT2D eigenvalue weighted by molar-refractivity contribution is -0.122. The number of imide groups is 1. The third-order valence-electron chi connectivity index (χ3n) is 4.00. The summed E-state index contributed by atoms with van der Waals surface area (Å²) in [7, 11) is 0. The number of carbonyl (C=O) groups is 2. The van der Waals surface area contributed by atoms with Gasteiger partial charge in [0.2, 0.25) is 11.7 Å². The van der Waals surface area contributed by atoms with E-state index in [0.717, 1.165) is 12.8 Å². The number of aromatic hydroxyl groups is 1. The molecule has 1 atom stereocenters. The lowest BCUT2D eigenvalue weighted by Gasteiger charge is -2.21. The quantitative estimate of drug-likeness (QED) is 0.584. The van der Waals surface area contributed by atoms with Gasteiger partial charge in [0.25, 0.3) is 5.88 Å². The van der Waals surface area contributed by atoms with E-state index in [9.17, 15) is 14.7 Å². The number of ether oxygens (including phenoxy) is 2. The number of pyridine rings is 1. The summed E-state index contributed by atoms with van der Waals surface area (Å²) in [6.07, 6.45) is 5.92. The molecule has 1 heterocycles. The Balaban J connectivity index is 1.92. The Hall–Kier alpha value is -2.39. The van der Waals surface area contributed by atoms with Crippen molar-refractivity contribution in [2.45, 2.75) is 38.1 Å². The first-order valence-corrected chi connectivity index (χ1v) is 8.21. The van der Waals surface area contributed by atoms with Crippen LogP contribution in [-0.4, -0.2) is 46.5 Å². The van der Waals surface area contributed by atoms with Crippen LogP contribution in [0.2, 0.25) is 0 Å². The normalized spacial score (nSPS) is 16.1. The van der Waals surface area contributed by atoms with Gasteiger partial charge in [0.15, 0.2) is 5.75 Å². The van der Waals surface area contributed by atoms with Crippen molar-refractivity contribution in [2.24, 2.45) is 11.7 Å². The van der Waals surface area contributed by atoms with Gasteiger partial charge in [0.05, 0.1) is 13.2 Å². The first-order valence-electron chi connectivity index (χ1n) is 8.21. The molecule has 0 saturated heterocycles. The third-order valence-corrected chi connectivity index (χ3v) is 4.00. The number of aliphatic hydroxyl groups excluding tert-OH is 1. The van der Waals surface area contributed by atoms with E-state index < -0.39 is 30.4 Å². The van der Waals surface area contributed by atoms with Crippen LogP contribution in [0, 0.1) is 5.92 Å². The Morgan fingerprint density at radius 2 is 2.08 bits per heavy atom. The second-order valence-electron chi connectivity index (χ2n) is 5.95. The second kappa shape index (κ2) is 9.19. The van der Waals surface area contributed by atoms with Crippen molar-refractivity contribution in [3.05, 3.63) is 12.3 Å². The van der Waals surface area contributed by atoms with E-state index in [1.54, 1.807) is 0 Å². The lowest BCUT2D eigenvalue weighted by atomic mass is 9.90. The van der Waals surface area contributed by atoms with Gasteiger partial charge in [-0.25, -0.2) is 9.78 Å². The monoisotopic (exact) mass is 353 g/mol. The second-order valence-corrected chi connectivity index (χ2v) is 5.95. The highest BCUT2D eigenvalue weighted by Crippen LogP contribution is 2.34. The lowest BCUT2D eigenvalue weighted by Crippen LogP contribution is -2.46. The van der Waals surface area contributed by atoms with Gasteiger partial charge in [-0.3, -0.25) is 10.1 Å². The van der Waals surface area contributed by atoms with Crippen LogP contribution in [0.4, 0.5) is 4.79 Å². The number of hydrogen-bond acceptors (Lipinski definition) is 8. The zero-order chi connectivity index (χ0) is 18.2. The van der Waals surface area contributed by atoms with Crippen molar-refractivity contribution in [1.82, 2.24) is 10.3 Å². The van der Waals surface area contributed by atoms with Gasteiger partial charge in [-0.05, 0) is 18.8 Å². The van der Waals surface area contributed by atoms with Crippen molar-refractivity contribution >= 4 is 12.0 Å². The molecule has 1 saturated carbocycles. The predicted octanol–water partition coefficient (Wildman–Crippen LogP) is 0.681. The summed E-state index contributed by atoms with van der Waals surface area (Å²) in [6.45, 7) is -0.153. The number of hydrogen-bond donors (Lipinski definition) is 4. The van der Waals surface area contributed by atoms with Crippen LogP contribution in [0.15, 0.2) is 12.3 Å². The molecule has 2 rings (SSSR count). The number of rotatable bonds is 6. The van der Waals surface area contributed by atoms with E-state index >= 15 is 0 Å². The van der Waals surface area contributed by atoms with Gasteiger partial charge >= 0.3 is 6.09 Å². The van der Waals surface area contributed by atoms with E-state index in [1.807, 2.05) is 5.32 Å². The molecule has 1 aliphatic carbocycles. The smallest absolute Gasteiger partial charge is 0.420 e. The summed E-state index contributed by atoms with van der Waals surface area (Å²) >= 11 is 0. The molecule has 1 aromatic heterocycles. The maximum Gasteiger partial charge on any atom is 0.420 e. The highest BCUT2D eigenvalue weighted by molar-refractivity contribution is 5.95. The first kappa shape index (κ1) is 18.9. The molecule has 0 spiro atoms. The molecule has 0 aliphatic heterocycles. The molecule has 0 unspecified atom stereocenters. The van der Waals surface area contributed by atoms with E-state index in [1.165, 1.54) is 31.5 Å². The Labute approximate surface area is 145 Å². The summed E-state index contributed by atoms with van der Waals surface area (Å²) < 4.78 is 10.4. The molecule has 1 aromatic rings. The molecule has 138 valence electrons. The minimum Gasteiger partial charge on any atom is -0.501 e. The molecule has 1 fully saturated rings. The Bertz CT molecular complexity index is 604. The van der Waals surface area contributed by atoms with Gasteiger partial charge in [0, 0.05) is 12.3 Å². The number of nitrogens with zero attached hydrogens (tertiary/aromatic N) is 1. The van der Waals surface area contributed by atoms with Crippen molar-refractivity contribution in [1.29, 1.82) is 0 Å². The molecule has 5 N–H and O–H groups in total. The van der Waals surface area contributed by atoms with Gasteiger partial charge in [-0.1, -0.05) is 19.3 Å². The maximum atomic E-state index is 11.6. The van der Waals surface area contributed by atoms with Crippen LogP contribution in [0.3, 0.4) is 0 Å². The Morgan fingerprint density at radius 1 is 1.36 bits per heavy atom. The molecule has 1 aliphatic rings. The minimum absolute atomic E-state index is 0.154. The van der Waals surface area contributed by atoms with E-state index in [4.69, 9.17) is 20.3 Å². The SMILES string of the molecule is N[C@@H](CO)C(=O)NC(=O)Oc1nccc(OCC2CCCCC2)c1O. The maximum absolute atomic E-state index is 11.6. The molecule has 2 amide bonds. The predicted molar refractivity (Wildman–Crippen MR) is 87.2 cm³/mol. The molecular formula is C16H23N3O6. The Morgan fingerprint density at radius 3 is 2.76 bits per heavy atom. The number of nitrogens with one attached hydrogen (secondary N) is 1. The fraction of sp³-hybridized carbons (Fsp3) is 0.562. The molecule has 25 heavy (non-hydrogen) atoms. The number of aromatic nitrogens is 1.